The molecule has 0 fully saturated rings. The number of Topliss-reactive ketones (excluding diaryl/α,β-unsaturated/α-hetero) is 1. The third-order valence-electron chi connectivity index (χ3n) is 2.57. The molecule has 0 saturated heterocycles. The van der Waals surface area contributed by atoms with E-state index in [9.17, 15) is 9.59 Å². The number of carbonyl (C=O) groups is 2. The van der Waals surface area contributed by atoms with Crippen molar-refractivity contribution in [1.29, 1.82) is 0 Å². The van der Waals surface area contributed by atoms with Crippen molar-refractivity contribution in [3.05, 3.63) is 29.3 Å². The van der Waals surface area contributed by atoms with Crippen LogP contribution in [0.1, 0.15) is 42.6 Å². The first-order valence-electron chi connectivity index (χ1n) is 6.38. The summed E-state index contributed by atoms with van der Waals surface area (Å²) >= 11 is 1.66. The van der Waals surface area contributed by atoms with E-state index in [4.69, 9.17) is 5.11 Å². The van der Waals surface area contributed by atoms with Crippen LogP contribution in [0.15, 0.2) is 23.1 Å². The number of ketones is 1. The van der Waals surface area contributed by atoms with Crippen molar-refractivity contribution in [2.24, 2.45) is 5.92 Å². The van der Waals surface area contributed by atoms with Crippen LogP contribution in [0.2, 0.25) is 0 Å². The number of carboxylic acids is 1. The minimum Gasteiger partial charge on any atom is -0.481 e. The Morgan fingerprint density at radius 2 is 1.95 bits per heavy atom. The molecular weight excluding hydrogens is 260 g/mol. The van der Waals surface area contributed by atoms with Gasteiger partial charge in [-0.1, -0.05) is 25.5 Å². The Labute approximate surface area is 118 Å². The number of benzene rings is 1. The third kappa shape index (κ3) is 5.47. The number of aryl methyl sites for hydroxylation is 1. The summed E-state index contributed by atoms with van der Waals surface area (Å²) in [5, 5.41) is 8.65. The summed E-state index contributed by atoms with van der Waals surface area (Å²) in [6, 6.07) is 5.79. The van der Waals surface area contributed by atoms with E-state index in [1.807, 2.05) is 25.1 Å². The van der Waals surface area contributed by atoms with Crippen molar-refractivity contribution in [3.63, 3.8) is 0 Å². The third-order valence-corrected chi connectivity index (χ3v) is 4.07. The molecule has 1 N–H and O–H groups in total. The van der Waals surface area contributed by atoms with Crippen molar-refractivity contribution in [2.75, 3.05) is 5.75 Å². The summed E-state index contributed by atoms with van der Waals surface area (Å²) in [5.74, 6) is 0.477. The van der Waals surface area contributed by atoms with Crippen LogP contribution < -0.4 is 0 Å². The summed E-state index contributed by atoms with van der Waals surface area (Å²) < 4.78 is 0. The van der Waals surface area contributed by atoms with Crippen molar-refractivity contribution in [2.45, 2.75) is 38.5 Å². The molecule has 0 radical (unpaired) electrons. The zero-order chi connectivity index (χ0) is 14.4. The van der Waals surface area contributed by atoms with Crippen LogP contribution in [-0.4, -0.2) is 22.6 Å². The standard InChI is InChI=1S/C15H20O3S/c1-10(2)9-19-14-6-4-11(3)8-12(14)13(16)5-7-15(17)18/h4,6,8,10H,5,7,9H2,1-3H3,(H,17,18). The van der Waals surface area contributed by atoms with E-state index in [1.54, 1.807) is 11.8 Å². The lowest BCUT2D eigenvalue weighted by molar-refractivity contribution is -0.136. The van der Waals surface area contributed by atoms with Crippen LogP contribution in [0, 0.1) is 12.8 Å². The first-order valence-corrected chi connectivity index (χ1v) is 7.37. The van der Waals surface area contributed by atoms with Crippen LogP contribution in [0.3, 0.4) is 0 Å². The molecule has 0 aliphatic rings. The summed E-state index contributed by atoms with van der Waals surface area (Å²) in [7, 11) is 0. The van der Waals surface area contributed by atoms with E-state index >= 15 is 0 Å². The molecule has 0 aliphatic carbocycles. The Bertz CT molecular complexity index is 466. The maximum atomic E-state index is 12.1. The Hall–Kier alpha value is -1.29. The summed E-state index contributed by atoms with van der Waals surface area (Å²) in [6.45, 7) is 6.20. The lowest BCUT2D eigenvalue weighted by Gasteiger charge is -2.10. The Balaban J connectivity index is 2.86. The average molecular weight is 280 g/mol. The predicted molar refractivity (Wildman–Crippen MR) is 77.9 cm³/mol. The van der Waals surface area contributed by atoms with Gasteiger partial charge in [-0.2, -0.15) is 0 Å². The highest BCUT2D eigenvalue weighted by Crippen LogP contribution is 2.27. The highest BCUT2D eigenvalue weighted by Gasteiger charge is 2.14. The van der Waals surface area contributed by atoms with Gasteiger partial charge in [-0.3, -0.25) is 9.59 Å². The second kappa shape index (κ2) is 7.34. The largest absolute Gasteiger partial charge is 0.481 e. The van der Waals surface area contributed by atoms with E-state index in [-0.39, 0.29) is 18.6 Å². The van der Waals surface area contributed by atoms with Gasteiger partial charge in [-0.25, -0.2) is 0 Å². The molecule has 0 atom stereocenters. The molecule has 0 aromatic heterocycles. The molecule has 4 heteroatoms. The Morgan fingerprint density at radius 1 is 1.26 bits per heavy atom. The zero-order valence-corrected chi connectivity index (χ0v) is 12.4. The number of carboxylic acid groups (broad SMARTS) is 1. The number of rotatable bonds is 7. The summed E-state index contributed by atoms with van der Waals surface area (Å²) in [6.07, 6.45) is -0.0465. The van der Waals surface area contributed by atoms with Gasteiger partial charge in [0.2, 0.25) is 0 Å². The molecule has 0 heterocycles. The van der Waals surface area contributed by atoms with E-state index < -0.39 is 5.97 Å². The van der Waals surface area contributed by atoms with Gasteiger partial charge in [0, 0.05) is 22.6 Å². The van der Waals surface area contributed by atoms with Crippen molar-refractivity contribution < 1.29 is 14.7 Å². The molecule has 0 unspecified atom stereocenters. The van der Waals surface area contributed by atoms with E-state index in [0.717, 1.165) is 16.2 Å². The fraction of sp³-hybridized carbons (Fsp3) is 0.467. The topological polar surface area (TPSA) is 54.4 Å². The molecule has 1 aromatic carbocycles. The lowest BCUT2D eigenvalue weighted by Crippen LogP contribution is -2.06. The van der Waals surface area contributed by atoms with Gasteiger partial charge in [0.15, 0.2) is 5.78 Å². The molecule has 104 valence electrons. The molecule has 0 bridgehead atoms. The van der Waals surface area contributed by atoms with Crippen LogP contribution >= 0.6 is 11.8 Å². The van der Waals surface area contributed by atoms with E-state index in [1.165, 1.54) is 0 Å². The number of thioether (sulfide) groups is 1. The fourth-order valence-electron chi connectivity index (χ4n) is 1.60. The highest BCUT2D eigenvalue weighted by atomic mass is 32.2. The van der Waals surface area contributed by atoms with Gasteiger partial charge in [-0.05, 0) is 25.0 Å². The maximum absolute atomic E-state index is 12.1. The summed E-state index contributed by atoms with van der Waals surface area (Å²) in [5.41, 5.74) is 1.68. The van der Waals surface area contributed by atoms with Crippen LogP contribution in [0.4, 0.5) is 0 Å². The molecule has 1 rings (SSSR count). The second-order valence-electron chi connectivity index (χ2n) is 5.02. The minimum atomic E-state index is -0.933. The molecule has 3 nitrogen and oxygen atoms in total. The molecule has 19 heavy (non-hydrogen) atoms. The van der Waals surface area contributed by atoms with Crippen molar-refractivity contribution in [3.8, 4) is 0 Å². The highest BCUT2D eigenvalue weighted by molar-refractivity contribution is 7.99. The number of carbonyl (C=O) groups excluding carboxylic acids is 1. The van der Waals surface area contributed by atoms with E-state index in [2.05, 4.69) is 13.8 Å². The number of hydrogen-bond acceptors (Lipinski definition) is 3. The maximum Gasteiger partial charge on any atom is 0.303 e. The van der Waals surface area contributed by atoms with Gasteiger partial charge in [0.1, 0.15) is 0 Å². The Kier molecular flexibility index (Phi) is 6.09. The van der Waals surface area contributed by atoms with Crippen LogP contribution in [-0.2, 0) is 4.79 Å². The van der Waals surface area contributed by atoms with E-state index in [0.29, 0.717) is 11.5 Å². The number of hydrogen-bond donors (Lipinski definition) is 1. The monoisotopic (exact) mass is 280 g/mol. The van der Waals surface area contributed by atoms with Crippen molar-refractivity contribution in [1.82, 2.24) is 0 Å². The SMILES string of the molecule is Cc1ccc(SCC(C)C)c(C(=O)CCC(=O)O)c1. The molecule has 0 aliphatic heterocycles. The summed E-state index contributed by atoms with van der Waals surface area (Å²) in [4.78, 5) is 23.6. The van der Waals surface area contributed by atoms with Gasteiger partial charge in [-0.15, -0.1) is 11.8 Å². The van der Waals surface area contributed by atoms with Gasteiger partial charge in [0.25, 0.3) is 0 Å². The van der Waals surface area contributed by atoms with Gasteiger partial charge >= 0.3 is 5.97 Å². The smallest absolute Gasteiger partial charge is 0.303 e. The molecule has 0 amide bonds. The van der Waals surface area contributed by atoms with Crippen LogP contribution in [0.5, 0.6) is 0 Å². The first kappa shape index (κ1) is 15.8. The van der Waals surface area contributed by atoms with Crippen LogP contribution in [0.25, 0.3) is 0 Å². The minimum absolute atomic E-state index is 0.0635. The average Bonchev–Trinajstić information content (AvgIpc) is 2.34. The normalized spacial score (nSPS) is 10.7. The quantitative estimate of drug-likeness (QED) is 0.610. The fourth-order valence-corrected chi connectivity index (χ4v) is 2.60. The Morgan fingerprint density at radius 3 is 2.53 bits per heavy atom. The first-order chi connectivity index (χ1) is 8.90. The lowest BCUT2D eigenvalue weighted by atomic mass is 10.0. The predicted octanol–water partition coefficient (Wildman–Crippen LogP) is 3.79. The van der Waals surface area contributed by atoms with Crippen molar-refractivity contribution >= 4 is 23.5 Å². The van der Waals surface area contributed by atoms with Gasteiger partial charge in [0.05, 0.1) is 6.42 Å². The molecule has 0 saturated carbocycles. The molecule has 0 spiro atoms. The second-order valence-corrected chi connectivity index (χ2v) is 6.08. The number of aliphatic carboxylic acids is 1. The molecule has 1 aromatic rings. The van der Waals surface area contributed by atoms with Gasteiger partial charge < -0.3 is 5.11 Å². The molecular formula is C15H20O3S. The zero-order valence-electron chi connectivity index (χ0n) is 11.6.